The Morgan fingerprint density at radius 3 is 1.70 bits per heavy atom. The Bertz CT molecular complexity index is 85.3. The SMILES string of the molecule is C=C.CCC(CC)C(=N)N. The molecular formula is C8H18N2. The Hall–Kier alpha value is -0.790. The fourth-order valence-electron chi connectivity index (χ4n) is 0.729. The molecule has 0 unspecified atom stereocenters. The van der Waals surface area contributed by atoms with Gasteiger partial charge < -0.3 is 5.73 Å². The smallest absolute Gasteiger partial charge is 0.0936 e. The molecule has 0 heterocycles. The van der Waals surface area contributed by atoms with Crippen molar-refractivity contribution in [3.8, 4) is 0 Å². The van der Waals surface area contributed by atoms with E-state index in [0.29, 0.717) is 11.8 Å². The number of nitrogens with one attached hydrogen (secondary N) is 1. The molecule has 0 saturated carbocycles. The van der Waals surface area contributed by atoms with Gasteiger partial charge in [0, 0.05) is 5.92 Å². The molecule has 0 aliphatic carbocycles. The van der Waals surface area contributed by atoms with E-state index < -0.39 is 0 Å². The molecule has 0 spiro atoms. The molecule has 2 heteroatoms. The number of amidine groups is 1. The summed E-state index contributed by atoms with van der Waals surface area (Å²) < 4.78 is 0. The molecule has 0 aliphatic rings. The molecule has 0 fully saturated rings. The summed E-state index contributed by atoms with van der Waals surface area (Å²) in [6.45, 7) is 10.1. The zero-order chi connectivity index (χ0) is 8.57. The second-order valence-corrected chi connectivity index (χ2v) is 1.97. The summed E-state index contributed by atoms with van der Waals surface area (Å²) in [5.41, 5.74) is 5.24. The van der Waals surface area contributed by atoms with Crippen LogP contribution in [-0.2, 0) is 0 Å². The second kappa shape index (κ2) is 8.21. The Balaban J connectivity index is 0. The Kier molecular flexibility index (Phi) is 9.80. The molecule has 0 aromatic rings. The van der Waals surface area contributed by atoms with Crippen LogP contribution in [-0.4, -0.2) is 5.84 Å². The van der Waals surface area contributed by atoms with Gasteiger partial charge in [-0.3, -0.25) is 5.41 Å². The van der Waals surface area contributed by atoms with E-state index in [9.17, 15) is 0 Å². The van der Waals surface area contributed by atoms with Gasteiger partial charge in [-0.2, -0.15) is 0 Å². The monoisotopic (exact) mass is 142 g/mol. The van der Waals surface area contributed by atoms with Crippen molar-refractivity contribution in [1.29, 1.82) is 5.41 Å². The lowest BCUT2D eigenvalue weighted by molar-refractivity contribution is 0.634. The summed E-state index contributed by atoms with van der Waals surface area (Å²) in [4.78, 5) is 0. The minimum Gasteiger partial charge on any atom is -0.387 e. The Morgan fingerprint density at radius 2 is 1.70 bits per heavy atom. The number of hydrogen-bond acceptors (Lipinski definition) is 1. The van der Waals surface area contributed by atoms with Crippen molar-refractivity contribution in [3.63, 3.8) is 0 Å². The maximum atomic E-state index is 7.03. The van der Waals surface area contributed by atoms with E-state index in [1.165, 1.54) is 0 Å². The van der Waals surface area contributed by atoms with E-state index in [-0.39, 0.29) is 0 Å². The van der Waals surface area contributed by atoms with Crippen molar-refractivity contribution in [2.45, 2.75) is 26.7 Å². The first-order chi connectivity index (χ1) is 4.72. The van der Waals surface area contributed by atoms with Crippen LogP contribution in [0.4, 0.5) is 0 Å². The van der Waals surface area contributed by atoms with Gasteiger partial charge in [-0.15, -0.1) is 13.2 Å². The molecule has 10 heavy (non-hydrogen) atoms. The quantitative estimate of drug-likeness (QED) is 0.354. The maximum absolute atomic E-state index is 7.03. The normalized spacial score (nSPS) is 8.30. The Labute approximate surface area is 63.6 Å². The van der Waals surface area contributed by atoms with E-state index in [4.69, 9.17) is 11.1 Å². The molecule has 0 atom stereocenters. The third-order valence-electron chi connectivity index (χ3n) is 1.43. The van der Waals surface area contributed by atoms with Crippen LogP contribution >= 0.6 is 0 Å². The van der Waals surface area contributed by atoms with Gasteiger partial charge in [0.1, 0.15) is 0 Å². The molecule has 3 N–H and O–H groups in total. The summed E-state index contributed by atoms with van der Waals surface area (Å²) in [7, 11) is 0. The van der Waals surface area contributed by atoms with Gasteiger partial charge in [-0.05, 0) is 12.8 Å². The summed E-state index contributed by atoms with van der Waals surface area (Å²) in [6, 6.07) is 0. The second-order valence-electron chi connectivity index (χ2n) is 1.97. The molecule has 0 aliphatic heterocycles. The van der Waals surface area contributed by atoms with Crippen LogP contribution in [0.5, 0.6) is 0 Å². The van der Waals surface area contributed by atoms with Gasteiger partial charge >= 0.3 is 0 Å². The van der Waals surface area contributed by atoms with Gasteiger partial charge in [-0.1, -0.05) is 13.8 Å². The molecule has 2 nitrogen and oxygen atoms in total. The van der Waals surface area contributed by atoms with Gasteiger partial charge in [0.05, 0.1) is 5.84 Å². The molecule has 0 saturated heterocycles. The number of rotatable bonds is 3. The molecular weight excluding hydrogens is 124 g/mol. The average molecular weight is 142 g/mol. The van der Waals surface area contributed by atoms with Crippen LogP contribution < -0.4 is 5.73 Å². The minimum absolute atomic E-state index is 0.315. The topological polar surface area (TPSA) is 49.9 Å². The van der Waals surface area contributed by atoms with E-state index in [1.54, 1.807) is 0 Å². The van der Waals surface area contributed by atoms with Crippen molar-refractivity contribution in [1.82, 2.24) is 0 Å². The molecule has 0 aromatic heterocycles. The van der Waals surface area contributed by atoms with Crippen molar-refractivity contribution >= 4 is 5.84 Å². The predicted molar refractivity (Wildman–Crippen MR) is 47.2 cm³/mol. The highest BCUT2D eigenvalue weighted by Crippen LogP contribution is 2.04. The molecule has 0 radical (unpaired) electrons. The van der Waals surface area contributed by atoms with Crippen LogP contribution in [0.3, 0.4) is 0 Å². The van der Waals surface area contributed by atoms with Crippen LogP contribution in [0.1, 0.15) is 26.7 Å². The maximum Gasteiger partial charge on any atom is 0.0936 e. The lowest BCUT2D eigenvalue weighted by Gasteiger charge is -2.07. The minimum atomic E-state index is 0.315. The van der Waals surface area contributed by atoms with Crippen molar-refractivity contribution in [2.24, 2.45) is 11.7 Å². The highest BCUT2D eigenvalue weighted by atomic mass is 14.7. The third-order valence-corrected chi connectivity index (χ3v) is 1.43. The Morgan fingerprint density at radius 1 is 1.40 bits per heavy atom. The highest BCUT2D eigenvalue weighted by Gasteiger charge is 2.03. The van der Waals surface area contributed by atoms with Gasteiger partial charge in [0.25, 0.3) is 0 Å². The van der Waals surface area contributed by atoms with Gasteiger partial charge in [0.2, 0.25) is 0 Å². The van der Waals surface area contributed by atoms with Crippen molar-refractivity contribution in [3.05, 3.63) is 13.2 Å². The number of hydrogen-bond donors (Lipinski definition) is 2. The van der Waals surface area contributed by atoms with Crippen LogP contribution in [0, 0.1) is 11.3 Å². The zero-order valence-corrected chi connectivity index (χ0v) is 6.98. The summed E-state index contributed by atoms with van der Waals surface area (Å²) in [6.07, 6.45) is 1.98. The predicted octanol–water partition coefficient (Wildman–Crippen LogP) is 2.16. The summed E-state index contributed by atoms with van der Waals surface area (Å²) in [5.74, 6) is 0.644. The molecule has 0 amide bonds. The first kappa shape index (κ1) is 11.9. The third kappa shape index (κ3) is 5.35. The fourth-order valence-corrected chi connectivity index (χ4v) is 0.729. The van der Waals surface area contributed by atoms with E-state index in [1.807, 2.05) is 0 Å². The molecule has 60 valence electrons. The molecule has 0 aromatic carbocycles. The standard InChI is InChI=1S/C6H14N2.C2H4/c1-3-5(4-2)6(7)8;1-2/h5H,3-4H2,1-2H3,(H3,7,8);1-2H2. The van der Waals surface area contributed by atoms with Crippen molar-refractivity contribution < 1.29 is 0 Å². The summed E-state index contributed by atoms with van der Waals surface area (Å²) in [5, 5.41) is 7.03. The molecule has 0 rings (SSSR count). The first-order valence-electron chi connectivity index (χ1n) is 3.56. The fraction of sp³-hybridized carbons (Fsp3) is 0.625. The average Bonchev–Trinajstić information content (AvgIpc) is 1.94. The number of nitrogens with two attached hydrogens (primary N) is 1. The van der Waals surface area contributed by atoms with E-state index >= 15 is 0 Å². The van der Waals surface area contributed by atoms with Crippen LogP contribution in [0.15, 0.2) is 13.2 Å². The molecule has 0 bridgehead atoms. The summed E-state index contributed by atoms with van der Waals surface area (Å²) >= 11 is 0. The van der Waals surface area contributed by atoms with Crippen LogP contribution in [0.25, 0.3) is 0 Å². The first-order valence-corrected chi connectivity index (χ1v) is 3.56. The van der Waals surface area contributed by atoms with E-state index in [2.05, 4.69) is 27.0 Å². The van der Waals surface area contributed by atoms with E-state index in [0.717, 1.165) is 12.8 Å². The zero-order valence-electron chi connectivity index (χ0n) is 6.98. The van der Waals surface area contributed by atoms with Gasteiger partial charge in [0.15, 0.2) is 0 Å². The van der Waals surface area contributed by atoms with Crippen molar-refractivity contribution in [2.75, 3.05) is 0 Å². The highest BCUT2D eigenvalue weighted by molar-refractivity contribution is 5.79. The lowest BCUT2D eigenvalue weighted by atomic mass is 10.0. The lowest BCUT2D eigenvalue weighted by Crippen LogP contribution is -2.20. The van der Waals surface area contributed by atoms with Gasteiger partial charge in [-0.25, -0.2) is 0 Å². The van der Waals surface area contributed by atoms with Crippen LogP contribution in [0.2, 0.25) is 0 Å². The largest absolute Gasteiger partial charge is 0.387 e.